The topological polar surface area (TPSA) is 17.1 Å². The number of benzene rings is 4. The monoisotopic (exact) mass is 408 g/mol. The summed E-state index contributed by atoms with van der Waals surface area (Å²) >= 11 is 0. The van der Waals surface area contributed by atoms with E-state index in [1.54, 1.807) is 0 Å². The summed E-state index contributed by atoms with van der Waals surface area (Å²) in [5.74, 6) is 6.47. The Labute approximate surface area is 188 Å². The first-order valence-corrected chi connectivity index (χ1v) is 10.6. The number of hydrogen-bond donors (Lipinski definition) is 0. The molecule has 0 saturated carbocycles. The van der Waals surface area contributed by atoms with Gasteiger partial charge in [0.2, 0.25) is 0 Å². The molecule has 0 N–H and O–H groups in total. The Morgan fingerprint density at radius 2 is 0.969 bits per heavy atom. The van der Waals surface area contributed by atoms with Crippen LogP contribution in [0.5, 0.6) is 0 Å². The Balaban J connectivity index is 1.55. The van der Waals surface area contributed by atoms with Gasteiger partial charge in [0, 0.05) is 22.3 Å². The Bertz CT molecular complexity index is 1380. The van der Waals surface area contributed by atoms with Gasteiger partial charge in [0.1, 0.15) is 0 Å². The Hall–Kier alpha value is -4.41. The number of carbonyl (C=O) groups excluding carboxylic acids is 1. The van der Waals surface area contributed by atoms with E-state index >= 15 is 0 Å². The molecular formula is C31H20O. The maximum Gasteiger partial charge on any atom is 0.194 e. The van der Waals surface area contributed by atoms with Gasteiger partial charge in [0.25, 0.3) is 0 Å². The zero-order valence-electron chi connectivity index (χ0n) is 17.5. The number of hydrogen-bond acceptors (Lipinski definition) is 1. The van der Waals surface area contributed by atoms with Crippen molar-refractivity contribution in [2.75, 3.05) is 0 Å². The summed E-state index contributed by atoms with van der Waals surface area (Å²) in [6, 6.07) is 37.8. The van der Waals surface area contributed by atoms with Gasteiger partial charge < -0.3 is 0 Å². The lowest BCUT2D eigenvalue weighted by molar-refractivity contribution is -0.108. The van der Waals surface area contributed by atoms with Crippen molar-refractivity contribution in [3.05, 3.63) is 149 Å². The fourth-order valence-corrected chi connectivity index (χ4v) is 3.89. The van der Waals surface area contributed by atoms with E-state index < -0.39 is 0 Å². The summed E-state index contributed by atoms with van der Waals surface area (Å²) < 4.78 is 0. The molecule has 1 aliphatic carbocycles. The highest BCUT2D eigenvalue weighted by atomic mass is 16.1. The third-order valence-electron chi connectivity index (χ3n) is 5.50. The van der Waals surface area contributed by atoms with Crippen LogP contribution in [0, 0.1) is 11.8 Å². The fourth-order valence-electron chi connectivity index (χ4n) is 3.89. The number of Topliss-reactive ketones (excluding diaryl/α,β-unsaturated/α-hetero) is 1. The standard InChI is InChI=1S/C31H20O/c32-31-29(25-12-6-2-7-13-25)22-28(30(31)27-14-8-3-9-15-27)26-20-18-24(19-21-26)17-16-23-10-4-1-5-11-23/h1-15,18-22H. The van der Waals surface area contributed by atoms with Crippen LogP contribution in [0.4, 0.5) is 0 Å². The van der Waals surface area contributed by atoms with Gasteiger partial charge in [-0.3, -0.25) is 4.79 Å². The quantitative estimate of drug-likeness (QED) is 0.346. The van der Waals surface area contributed by atoms with Gasteiger partial charge in [-0.25, -0.2) is 0 Å². The van der Waals surface area contributed by atoms with E-state index in [0.29, 0.717) is 0 Å². The molecule has 1 nitrogen and oxygen atoms in total. The smallest absolute Gasteiger partial charge is 0.194 e. The van der Waals surface area contributed by atoms with Gasteiger partial charge in [0.05, 0.1) is 0 Å². The molecule has 0 unspecified atom stereocenters. The van der Waals surface area contributed by atoms with Crippen LogP contribution in [0.15, 0.2) is 121 Å². The highest BCUT2D eigenvalue weighted by Gasteiger charge is 2.28. The molecule has 0 spiro atoms. The molecule has 0 radical (unpaired) electrons. The normalized spacial score (nSPS) is 12.9. The van der Waals surface area contributed by atoms with Crippen LogP contribution in [-0.4, -0.2) is 5.78 Å². The largest absolute Gasteiger partial charge is 0.289 e. The molecule has 5 rings (SSSR count). The molecule has 0 amide bonds. The summed E-state index contributed by atoms with van der Waals surface area (Å²) in [6.07, 6.45) is 2.02. The zero-order chi connectivity index (χ0) is 21.8. The minimum absolute atomic E-state index is 0.0605. The third-order valence-corrected chi connectivity index (χ3v) is 5.50. The second kappa shape index (κ2) is 8.76. The number of ketones is 1. The first kappa shape index (κ1) is 19.5. The summed E-state index contributed by atoms with van der Waals surface area (Å²) in [5.41, 5.74) is 7.23. The summed E-state index contributed by atoms with van der Waals surface area (Å²) in [6.45, 7) is 0. The highest BCUT2D eigenvalue weighted by Crippen LogP contribution is 2.39. The third kappa shape index (κ3) is 3.95. The van der Waals surface area contributed by atoms with Gasteiger partial charge in [-0.05, 0) is 52.6 Å². The Morgan fingerprint density at radius 3 is 1.56 bits per heavy atom. The van der Waals surface area contributed by atoms with E-state index in [2.05, 4.69) is 11.8 Å². The van der Waals surface area contributed by atoms with Crippen LogP contribution in [-0.2, 0) is 4.79 Å². The Kier molecular flexibility index (Phi) is 5.35. The van der Waals surface area contributed by atoms with Crippen LogP contribution >= 0.6 is 0 Å². The van der Waals surface area contributed by atoms with Crippen LogP contribution in [0.2, 0.25) is 0 Å². The van der Waals surface area contributed by atoms with Gasteiger partial charge >= 0.3 is 0 Å². The first-order valence-electron chi connectivity index (χ1n) is 10.6. The second-order valence-corrected chi connectivity index (χ2v) is 7.60. The molecular weight excluding hydrogens is 388 g/mol. The van der Waals surface area contributed by atoms with Crippen molar-refractivity contribution in [2.45, 2.75) is 0 Å². The van der Waals surface area contributed by atoms with E-state index in [1.807, 2.05) is 121 Å². The number of allylic oxidation sites excluding steroid dienone is 4. The van der Waals surface area contributed by atoms with Gasteiger partial charge in [0.15, 0.2) is 5.78 Å². The number of rotatable bonds is 3. The van der Waals surface area contributed by atoms with E-state index in [1.165, 1.54) is 0 Å². The highest BCUT2D eigenvalue weighted by molar-refractivity contribution is 6.51. The average Bonchev–Trinajstić information content (AvgIpc) is 3.22. The molecule has 4 aromatic carbocycles. The van der Waals surface area contributed by atoms with Crippen molar-refractivity contribution in [3.63, 3.8) is 0 Å². The van der Waals surface area contributed by atoms with E-state index in [9.17, 15) is 4.79 Å². The molecule has 1 aliphatic rings. The van der Waals surface area contributed by atoms with Gasteiger partial charge in [-0.15, -0.1) is 0 Å². The first-order chi connectivity index (χ1) is 15.8. The van der Waals surface area contributed by atoms with E-state index in [4.69, 9.17) is 0 Å². The molecule has 4 aromatic rings. The van der Waals surface area contributed by atoms with E-state index in [0.717, 1.165) is 44.5 Å². The molecule has 0 aromatic heterocycles. The predicted octanol–water partition coefficient (Wildman–Crippen LogP) is 6.66. The van der Waals surface area contributed by atoms with Crippen LogP contribution in [0.25, 0.3) is 16.7 Å². The van der Waals surface area contributed by atoms with Crippen molar-refractivity contribution in [1.29, 1.82) is 0 Å². The van der Waals surface area contributed by atoms with Crippen LogP contribution in [0.3, 0.4) is 0 Å². The van der Waals surface area contributed by atoms with Crippen molar-refractivity contribution in [1.82, 2.24) is 0 Å². The minimum atomic E-state index is 0.0605. The molecule has 0 bridgehead atoms. The predicted molar refractivity (Wildman–Crippen MR) is 132 cm³/mol. The Morgan fingerprint density at radius 1 is 0.469 bits per heavy atom. The lowest BCUT2D eigenvalue weighted by Crippen LogP contribution is -2.01. The maximum atomic E-state index is 13.5. The lowest BCUT2D eigenvalue weighted by Gasteiger charge is -2.08. The second-order valence-electron chi connectivity index (χ2n) is 7.60. The molecule has 0 saturated heterocycles. The zero-order valence-corrected chi connectivity index (χ0v) is 17.5. The molecule has 0 fully saturated rings. The number of carbonyl (C=O) groups is 1. The van der Waals surface area contributed by atoms with Gasteiger partial charge in [-0.1, -0.05) is 103 Å². The minimum Gasteiger partial charge on any atom is -0.289 e. The molecule has 0 atom stereocenters. The molecule has 0 heterocycles. The van der Waals surface area contributed by atoms with Crippen LogP contribution < -0.4 is 0 Å². The molecule has 150 valence electrons. The molecule has 32 heavy (non-hydrogen) atoms. The summed E-state index contributed by atoms with van der Waals surface area (Å²) in [7, 11) is 0. The van der Waals surface area contributed by atoms with E-state index in [-0.39, 0.29) is 5.78 Å². The summed E-state index contributed by atoms with van der Waals surface area (Å²) in [5, 5.41) is 0. The van der Waals surface area contributed by atoms with Crippen molar-refractivity contribution >= 4 is 22.5 Å². The van der Waals surface area contributed by atoms with Crippen LogP contribution in [0.1, 0.15) is 27.8 Å². The van der Waals surface area contributed by atoms with Crippen molar-refractivity contribution < 1.29 is 4.79 Å². The average molecular weight is 409 g/mol. The lowest BCUT2D eigenvalue weighted by atomic mass is 9.94. The SMILES string of the molecule is O=C1C(c2ccccc2)=CC(c2ccc(C#Cc3ccccc3)cc2)=C1c1ccccc1. The molecule has 1 heteroatoms. The maximum absolute atomic E-state index is 13.5. The van der Waals surface area contributed by atoms with Crippen molar-refractivity contribution in [2.24, 2.45) is 0 Å². The fraction of sp³-hybridized carbons (Fsp3) is 0. The van der Waals surface area contributed by atoms with Crippen molar-refractivity contribution in [3.8, 4) is 11.8 Å². The molecule has 0 aliphatic heterocycles. The van der Waals surface area contributed by atoms with Gasteiger partial charge in [-0.2, -0.15) is 0 Å². The summed E-state index contributed by atoms with van der Waals surface area (Å²) in [4.78, 5) is 13.5.